The maximum atomic E-state index is 11.6. The normalized spacial score (nSPS) is 11.8. The number of hydrogen-bond acceptors (Lipinski definition) is 2. The number of hydrogen-bond donors (Lipinski definition) is 0. The molecule has 1 aromatic rings. The van der Waals surface area contributed by atoms with Crippen molar-refractivity contribution in [2.45, 2.75) is 40.2 Å². The Hall–Kier alpha value is -0.640. The van der Waals surface area contributed by atoms with Gasteiger partial charge in [-0.15, -0.1) is 0 Å². The molecule has 90 valence electrons. The number of halogens is 1. The molecule has 1 aromatic heterocycles. The van der Waals surface area contributed by atoms with Gasteiger partial charge in [0.25, 0.3) is 0 Å². The van der Waals surface area contributed by atoms with Gasteiger partial charge in [0, 0.05) is 24.3 Å². The first-order chi connectivity index (χ1) is 7.56. The molecular formula is C12H19BrN2O. The van der Waals surface area contributed by atoms with E-state index in [4.69, 9.17) is 0 Å². The summed E-state index contributed by atoms with van der Waals surface area (Å²) < 4.78 is 1.73. The van der Waals surface area contributed by atoms with Crippen LogP contribution in [-0.2, 0) is 6.54 Å². The molecule has 4 heteroatoms. The average Bonchev–Trinajstić information content (AvgIpc) is 2.31. The molecule has 0 saturated carbocycles. The van der Waals surface area contributed by atoms with E-state index in [-0.39, 0.29) is 11.1 Å². The Kier molecular flexibility index (Phi) is 4.71. The number of nitrogens with zero attached hydrogens (tertiary/aromatic N) is 2. The third-order valence-electron chi connectivity index (χ3n) is 3.27. The Morgan fingerprint density at radius 2 is 2.06 bits per heavy atom. The summed E-state index contributed by atoms with van der Waals surface area (Å²) in [6.45, 7) is 7.02. The van der Waals surface area contributed by atoms with Crippen molar-refractivity contribution in [3.8, 4) is 0 Å². The molecular weight excluding hydrogens is 268 g/mol. The number of rotatable bonds is 5. The highest BCUT2D eigenvalue weighted by Crippen LogP contribution is 2.30. The lowest BCUT2D eigenvalue weighted by Gasteiger charge is -2.30. The maximum Gasteiger partial charge on any atom is 0.347 e. The minimum absolute atomic E-state index is 0.152. The second-order valence-electron chi connectivity index (χ2n) is 4.38. The summed E-state index contributed by atoms with van der Waals surface area (Å²) in [5.74, 6) is 0. The van der Waals surface area contributed by atoms with Crippen LogP contribution in [0.4, 0.5) is 0 Å². The van der Waals surface area contributed by atoms with Crippen molar-refractivity contribution < 1.29 is 0 Å². The second kappa shape index (κ2) is 5.62. The zero-order valence-corrected chi connectivity index (χ0v) is 11.7. The zero-order chi connectivity index (χ0) is 12.2. The van der Waals surface area contributed by atoms with E-state index >= 15 is 0 Å². The van der Waals surface area contributed by atoms with Crippen LogP contribution >= 0.6 is 15.9 Å². The molecule has 0 atom stereocenters. The molecule has 0 fully saturated rings. The van der Waals surface area contributed by atoms with Crippen molar-refractivity contribution in [2.24, 2.45) is 5.41 Å². The molecule has 0 saturated heterocycles. The Morgan fingerprint density at radius 1 is 1.44 bits per heavy atom. The van der Waals surface area contributed by atoms with Crippen LogP contribution in [0.25, 0.3) is 0 Å². The van der Waals surface area contributed by atoms with Crippen LogP contribution in [0.2, 0.25) is 0 Å². The van der Waals surface area contributed by atoms with Crippen molar-refractivity contribution in [1.82, 2.24) is 9.55 Å². The first-order valence-corrected chi connectivity index (χ1v) is 6.78. The first kappa shape index (κ1) is 13.4. The van der Waals surface area contributed by atoms with E-state index in [2.05, 4.69) is 34.8 Å². The van der Waals surface area contributed by atoms with Crippen molar-refractivity contribution in [1.29, 1.82) is 0 Å². The maximum absolute atomic E-state index is 11.6. The number of aryl methyl sites for hydroxylation is 1. The molecule has 16 heavy (non-hydrogen) atoms. The highest BCUT2D eigenvalue weighted by molar-refractivity contribution is 9.09. The lowest BCUT2D eigenvalue weighted by molar-refractivity contribution is 0.254. The summed E-state index contributed by atoms with van der Waals surface area (Å²) in [6, 6.07) is 0. The topological polar surface area (TPSA) is 34.9 Å². The van der Waals surface area contributed by atoms with Crippen molar-refractivity contribution >= 4 is 15.9 Å². The van der Waals surface area contributed by atoms with Crippen LogP contribution in [0.3, 0.4) is 0 Å². The lowest BCUT2D eigenvalue weighted by atomic mass is 9.84. The van der Waals surface area contributed by atoms with Crippen molar-refractivity contribution in [3.63, 3.8) is 0 Å². The predicted molar refractivity (Wildman–Crippen MR) is 70.0 cm³/mol. The second-order valence-corrected chi connectivity index (χ2v) is 4.94. The van der Waals surface area contributed by atoms with Gasteiger partial charge in [0.15, 0.2) is 0 Å². The molecule has 0 radical (unpaired) electrons. The van der Waals surface area contributed by atoms with Gasteiger partial charge in [-0.3, -0.25) is 4.57 Å². The Bertz CT molecular complexity index is 388. The molecule has 0 amide bonds. The molecule has 0 aliphatic rings. The van der Waals surface area contributed by atoms with Gasteiger partial charge < -0.3 is 0 Å². The zero-order valence-electron chi connectivity index (χ0n) is 10.2. The van der Waals surface area contributed by atoms with Gasteiger partial charge in [0.05, 0.1) is 0 Å². The van der Waals surface area contributed by atoms with Crippen molar-refractivity contribution in [2.75, 3.05) is 5.33 Å². The van der Waals surface area contributed by atoms with E-state index in [1.54, 1.807) is 10.8 Å². The fourth-order valence-electron chi connectivity index (χ4n) is 1.75. The summed E-state index contributed by atoms with van der Waals surface area (Å²) in [4.78, 5) is 15.5. The van der Waals surface area contributed by atoms with Gasteiger partial charge in [-0.05, 0) is 30.7 Å². The van der Waals surface area contributed by atoms with Crippen molar-refractivity contribution in [3.05, 3.63) is 28.4 Å². The third-order valence-corrected chi connectivity index (χ3v) is 4.46. The Balaban J connectivity index is 3.02. The quantitative estimate of drug-likeness (QED) is 0.780. The van der Waals surface area contributed by atoms with E-state index in [0.29, 0.717) is 0 Å². The summed E-state index contributed by atoms with van der Waals surface area (Å²) in [5, 5.41) is 0.910. The van der Waals surface area contributed by atoms with Gasteiger partial charge in [0.2, 0.25) is 0 Å². The number of aromatic nitrogens is 2. The Labute approximate surface area is 105 Å². The van der Waals surface area contributed by atoms with Crippen LogP contribution in [0.5, 0.6) is 0 Å². The summed E-state index contributed by atoms with van der Waals surface area (Å²) in [5.41, 5.74) is 1.02. The van der Waals surface area contributed by atoms with Crippen LogP contribution in [0.15, 0.2) is 17.2 Å². The minimum Gasteiger partial charge on any atom is -0.298 e. The SMILES string of the molecule is CCC(CC)(CBr)Cn1cc(C)cnc1=O. The first-order valence-electron chi connectivity index (χ1n) is 5.66. The Morgan fingerprint density at radius 3 is 2.56 bits per heavy atom. The van der Waals surface area contributed by atoms with E-state index in [0.717, 1.165) is 30.3 Å². The van der Waals surface area contributed by atoms with Gasteiger partial charge in [-0.2, -0.15) is 0 Å². The number of alkyl halides is 1. The molecule has 3 nitrogen and oxygen atoms in total. The molecule has 0 aliphatic heterocycles. The largest absolute Gasteiger partial charge is 0.347 e. The van der Waals surface area contributed by atoms with E-state index in [1.807, 2.05) is 13.1 Å². The highest BCUT2D eigenvalue weighted by atomic mass is 79.9. The minimum atomic E-state index is -0.155. The van der Waals surface area contributed by atoms with Crippen LogP contribution < -0.4 is 5.69 Å². The highest BCUT2D eigenvalue weighted by Gasteiger charge is 2.25. The van der Waals surface area contributed by atoms with E-state index in [9.17, 15) is 4.79 Å². The third kappa shape index (κ3) is 2.94. The van der Waals surface area contributed by atoms with E-state index in [1.165, 1.54) is 0 Å². The summed E-state index contributed by atoms with van der Waals surface area (Å²) in [7, 11) is 0. The molecule has 0 aliphatic carbocycles. The fraction of sp³-hybridized carbons (Fsp3) is 0.667. The smallest absolute Gasteiger partial charge is 0.298 e. The van der Waals surface area contributed by atoms with Crippen LogP contribution in [0.1, 0.15) is 32.3 Å². The molecule has 0 aromatic carbocycles. The monoisotopic (exact) mass is 286 g/mol. The predicted octanol–water partition coefficient (Wildman–Crippen LogP) is 2.75. The molecule has 0 unspecified atom stereocenters. The van der Waals surface area contributed by atoms with Gasteiger partial charge in [0.1, 0.15) is 0 Å². The van der Waals surface area contributed by atoms with E-state index < -0.39 is 0 Å². The summed E-state index contributed by atoms with van der Waals surface area (Å²) in [6.07, 6.45) is 5.61. The lowest BCUT2D eigenvalue weighted by Crippen LogP contribution is -2.33. The molecule has 1 rings (SSSR count). The van der Waals surface area contributed by atoms with Gasteiger partial charge in [-0.25, -0.2) is 9.78 Å². The van der Waals surface area contributed by atoms with Crippen LogP contribution in [-0.4, -0.2) is 14.9 Å². The fourth-order valence-corrected chi connectivity index (χ4v) is 2.72. The van der Waals surface area contributed by atoms with Gasteiger partial charge >= 0.3 is 5.69 Å². The van der Waals surface area contributed by atoms with Crippen LogP contribution in [0, 0.1) is 12.3 Å². The molecule has 0 spiro atoms. The van der Waals surface area contributed by atoms with Gasteiger partial charge in [-0.1, -0.05) is 29.8 Å². The molecule has 1 heterocycles. The average molecular weight is 287 g/mol. The standard InChI is InChI=1S/C12H19BrN2O/c1-4-12(5-2,8-13)9-15-7-10(3)6-14-11(15)16/h6-7H,4-5,8-9H2,1-3H3. The molecule has 0 bridgehead atoms. The molecule has 0 N–H and O–H groups in total. The summed E-state index contributed by atoms with van der Waals surface area (Å²) >= 11 is 3.56.